The van der Waals surface area contributed by atoms with E-state index in [1.165, 1.54) is 6.20 Å². The number of pyridine rings is 1. The van der Waals surface area contributed by atoms with Gasteiger partial charge in [-0.15, -0.1) is 0 Å². The van der Waals surface area contributed by atoms with E-state index in [-0.39, 0.29) is 11.6 Å². The van der Waals surface area contributed by atoms with Crippen molar-refractivity contribution >= 4 is 33.4 Å². The number of aromatic nitrogens is 1. The Labute approximate surface area is 135 Å². The number of benzene rings is 1. The number of nitriles is 1. The molecule has 0 radical (unpaired) electrons. The van der Waals surface area contributed by atoms with Crippen molar-refractivity contribution in [3.63, 3.8) is 0 Å². The second-order valence-corrected chi connectivity index (χ2v) is 5.71. The number of rotatable bonds is 3. The second-order valence-electron chi connectivity index (χ2n) is 4.42. The molecule has 0 unspecified atom stereocenters. The molecule has 21 heavy (non-hydrogen) atoms. The van der Waals surface area contributed by atoms with E-state index >= 15 is 0 Å². The summed E-state index contributed by atoms with van der Waals surface area (Å²) >= 11 is 9.06. The minimum atomic E-state index is -0.290. The van der Waals surface area contributed by atoms with Gasteiger partial charge in [0, 0.05) is 12.7 Å². The Hall–Kier alpha value is -1.90. The predicted molar refractivity (Wildman–Crippen MR) is 84.0 cm³/mol. The summed E-state index contributed by atoms with van der Waals surface area (Å²) in [7, 11) is 0. The Kier molecular flexibility index (Phi) is 4.94. The van der Waals surface area contributed by atoms with Crippen molar-refractivity contribution in [1.82, 2.24) is 10.3 Å². The van der Waals surface area contributed by atoms with Gasteiger partial charge in [0.15, 0.2) is 0 Å². The molecule has 0 aliphatic carbocycles. The van der Waals surface area contributed by atoms with Crippen LogP contribution in [0.3, 0.4) is 0 Å². The summed E-state index contributed by atoms with van der Waals surface area (Å²) < 4.78 is 0.545. The van der Waals surface area contributed by atoms with E-state index in [2.05, 4.69) is 32.3 Å². The Morgan fingerprint density at radius 3 is 2.86 bits per heavy atom. The summed E-state index contributed by atoms with van der Waals surface area (Å²) in [5.41, 5.74) is 2.79. The smallest absolute Gasteiger partial charge is 0.271 e. The van der Waals surface area contributed by atoms with Crippen LogP contribution in [0.25, 0.3) is 0 Å². The van der Waals surface area contributed by atoms with Crippen LogP contribution in [0, 0.1) is 18.3 Å². The quantitative estimate of drug-likeness (QED) is 0.905. The average Bonchev–Trinajstić information content (AvgIpc) is 2.45. The van der Waals surface area contributed by atoms with Crippen LogP contribution < -0.4 is 5.32 Å². The zero-order valence-electron chi connectivity index (χ0n) is 11.2. The first kappa shape index (κ1) is 15.5. The largest absolute Gasteiger partial charge is 0.347 e. The van der Waals surface area contributed by atoms with Crippen LogP contribution in [0.1, 0.15) is 27.2 Å². The SMILES string of the molecule is Cc1cc(C#N)ccc1CNC(=O)c1ncc(Cl)cc1Br. The van der Waals surface area contributed by atoms with Crippen LogP contribution in [0.15, 0.2) is 34.9 Å². The summed E-state index contributed by atoms with van der Waals surface area (Å²) in [5.74, 6) is -0.290. The molecular weight excluding hydrogens is 354 g/mol. The highest BCUT2D eigenvalue weighted by Gasteiger charge is 2.12. The highest BCUT2D eigenvalue weighted by Crippen LogP contribution is 2.19. The van der Waals surface area contributed by atoms with E-state index in [0.717, 1.165) is 11.1 Å². The number of carbonyl (C=O) groups is 1. The molecule has 0 atom stereocenters. The Balaban J connectivity index is 2.09. The molecule has 1 aromatic carbocycles. The molecule has 2 rings (SSSR count). The van der Waals surface area contributed by atoms with E-state index in [1.807, 2.05) is 13.0 Å². The van der Waals surface area contributed by atoms with Crippen LogP contribution in [-0.2, 0) is 6.54 Å². The van der Waals surface area contributed by atoms with Gasteiger partial charge in [-0.25, -0.2) is 4.98 Å². The van der Waals surface area contributed by atoms with Gasteiger partial charge in [-0.3, -0.25) is 4.79 Å². The van der Waals surface area contributed by atoms with Crippen LogP contribution in [0.2, 0.25) is 5.02 Å². The van der Waals surface area contributed by atoms with Gasteiger partial charge in [-0.05, 0) is 52.2 Å². The van der Waals surface area contributed by atoms with E-state index < -0.39 is 0 Å². The van der Waals surface area contributed by atoms with Gasteiger partial charge in [0.2, 0.25) is 0 Å². The number of hydrogen-bond donors (Lipinski definition) is 1. The average molecular weight is 365 g/mol. The molecule has 0 bridgehead atoms. The molecule has 0 saturated carbocycles. The van der Waals surface area contributed by atoms with Gasteiger partial charge in [-0.1, -0.05) is 17.7 Å². The lowest BCUT2D eigenvalue weighted by Crippen LogP contribution is -2.24. The predicted octanol–water partition coefficient (Wildman–Crippen LogP) is 3.61. The highest BCUT2D eigenvalue weighted by molar-refractivity contribution is 9.10. The van der Waals surface area contributed by atoms with E-state index in [1.54, 1.807) is 18.2 Å². The summed E-state index contributed by atoms with van der Waals surface area (Å²) in [4.78, 5) is 16.1. The number of aryl methyl sites for hydroxylation is 1. The van der Waals surface area contributed by atoms with Gasteiger partial charge in [0.25, 0.3) is 5.91 Å². The Morgan fingerprint density at radius 1 is 1.48 bits per heavy atom. The topological polar surface area (TPSA) is 65.8 Å². The fourth-order valence-corrected chi connectivity index (χ4v) is 2.62. The summed E-state index contributed by atoms with van der Waals surface area (Å²) in [6.45, 7) is 2.27. The molecule has 0 aliphatic heterocycles. The maximum atomic E-state index is 12.1. The minimum absolute atomic E-state index is 0.283. The maximum Gasteiger partial charge on any atom is 0.271 e. The van der Waals surface area contributed by atoms with Crippen LogP contribution in [-0.4, -0.2) is 10.9 Å². The van der Waals surface area contributed by atoms with Crippen molar-refractivity contribution in [3.8, 4) is 6.07 Å². The van der Waals surface area contributed by atoms with Gasteiger partial charge >= 0.3 is 0 Å². The third-order valence-electron chi connectivity index (χ3n) is 2.93. The first-order chi connectivity index (χ1) is 10.0. The summed E-state index contributed by atoms with van der Waals surface area (Å²) in [5, 5.41) is 12.1. The molecule has 106 valence electrons. The fraction of sp³-hybridized carbons (Fsp3) is 0.133. The van der Waals surface area contributed by atoms with Gasteiger partial charge in [0.1, 0.15) is 5.69 Å². The van der Waals surface area contributed by atoms with E-state index in [0.29, 0.717) is 21.6 Å². The molecule has 2 aromatic rings. The first-order valence-electron chi connectivity index (χ1n) is 6.10. The standard InChI is InChI=1S/C15H11BrClN3O/c1-9-4-10(6-18)2-3-11(9)7-20-15(21)14-13(16)5-12(17)8-19-14/h2-5,8H,7H2,1H3,(H,20,21). The third-order valence-corrected chi connectivity index (χ3v) is 3.75. The number of carbonyl (C=O) groups excluding carboxylic acids is 1. The Bertz CT molecular complexity index is 740. The van der Waals surface area contributed by atoms with Gasteiger partial charge in [-0.2, -0.15) is 5.26 Å². The lowest BCUT2D eigenvalue weighted by Gasteiger charge is -2.09. The van der Waals surface area contributed by atoms with Crippen LogP contribution in [0.4, 0.5) is 0 Å². The normalized spacial score (nSPS) is 10.0. The molecule has 1 amide bonds. The van der Waals surface area contributed by atoms with E-state index in [4.69, 9.17) is 16.9 Å². The maximum absolute atomic E-state index is 12.1. The van der Waals surface area contributed by atoms with Gasteiger partial charge < -0.3 is 5.32 Å². The molecule has 1 aromatic heterocycles. The van der Waals surface area contributed by atoms with Crippen molar-refractivity contribution in [2.24, 2.45) is 0 Å². The summed E-state index contributed by atoms with van der Waals surface area (Å²) in [6.07, 6.45) is 1.42. The number of halogens is 2. The van der Waals surface area contributed by atoms with E-state index in [9.17, 15) is 4.79 Å². The molecule has 0 aliphatic rings. The highest BCUT2D eigenvalue weighted by atomic mass is 79.9. The van der Waals surface area contributed by atoms with Crippen molar-refractivity contribution in [3.05, 3.63) is 62.3 Å². The lowest BCUT2D eigenvalue weighted by molar-refractivity contribution is 0.0945. The number of amides is 1. The number of nitrogens with one attached hydrogen (secondary N) is 1. The molecule has 1 heterocycles. The first-order valence-corrected chi connectivity index (χ1v) is 7.27. The number of nitrogens with zero attached hydrogens (tertiary/aromatic N) is 2. The molecule has 0 saturated heterocycles. The second kappa shape index (κ2) is 6.70. The van der Waals surface area contributed by atoms with Crippen molar-refractivity contribution < 1.29 is 4.79 Å². The van der Waals surface area contributed by atoms with Crippen molar-refractivity contribution in [2.45, 2.75) is 13.5 Å². The number of hydrogen-bond acceptors (Lipinski definition) is 3. The molecule has 6 heteroatoms. The zero-order chi connectivity index (χ0) is 15.4. The van der Waals surface area contributed by atoms with Crippen LogP contribution >= 0.6 is 27.5 Å². The molecule has 4 nitrogen and oxygen atoms in total. The van der Waals surface area contributed by atoms with Crippen molar-refractivity contribution in [1.29, 1.82) is 5.26 Å². The van der Waals surface area contributed by atoms with Crippen LogP contribution in [0.5, 0.6) is 0 Å². The molecule has 0 fully saturated rings. The minimum Gasteiger partial charge on any atom is -0.347 e. The fourth-order valence-electron chi connectivity index (χ4n) is 1.80. The third kappa shape index (κ3) is 3.81. The molecule has 1 N–H and O–H groups in total. The summed E-state index contributed by atoms with van der Waals surface area (Å²) in [6, 6.07) is 9.05. The Morgan fingerprint density at radius 2 is 2.24 bits per heavy atom. The monoisotopic (exact) mass is 363 g/mol. The zero-order valence-corrected chi connectivity index (χ0v) is 13.5. The van der Waals surface area contributed by atoms with Crippen molar-refractivity contribution in [2.75, 3.05) is 0 Å². The molecule has 0 spiro atoms. The molecular formula is C15H11BrClN3O. The van der Waals surface area contributed by atoms with Gasteiger partial charge in [0.05, 0.1) is 21.1 Å². The lowest BCUT2D eigenvalue weighted by atomic mass is 10.1.